The van der Waals surface area contributed by atoms with Gasteiger partial charge in [-0.2, -0.15) is 0 Å². The van der Waals surface area contributed by atoms with Crippen LogP contribution in [0.4, 0.5) is 21.5 Å². The van der Waals surface area contributed by atoms with Crippen molar-refractivity contribution in [3.05, 3.63) is 52.3 Å². The molecule has 2 rings (SSSR count). The molecular formula is C15H15BrFN3O. The van der Waals surface area contributed by atoms with E-state index in [2.05, 4.69) is 21.2 Å². The highest BCUT2D eigenvalue weighted by Gasteiger charge is 2.10. The van der Waals surface area contributed by atoms with Gasteiger partial charge in [-0.25, -0.2) is 4.39 Å². The van der Waals surface area contributed by atoms with Gasteiger partial charge in [0.05, 0.1) is 15.8 Å². The smallest absolute Gasteiger partial charge is 0.253 e. The number of nitrogens with one attached hydrogen (secondary N) is 1. The van der Waals surface area contributed by atoms with E-state index >= 15 is 0 Å². The average Bonchev–Trinajstić information content (AvgIpc) is 2.44. The summed E-state index contributed by atoms with van der Waals surface area (Å²) in [6, 6.07) is 9.62. The standard InChI is InChI=1S/C15H15BrFN3O/c1-20(2)15(21)9-3-6-14(13(18)7-9)19-10-4-5-12(17)11(16)8-10/h3-8,19H,18H2,1-2H3. The van der Waals surface area contributed by atoms with Crippen LogP contribution in [0.15, 0.2) is 40.9 Å². The maximum atomic E-state index is 13.2. The lowest BCUT2D eigenvalue weighted by atomic mass is 10.1. The van der Waals surface area contributed by atoms with E-state index in [-0.39, 0.29) is 11.7 Å². The number of nitrogen functional groups attached to an aromatic ring is 1. The zero-order valence-electron chi connectivity index (χ0n) is 11.7. The molecule has 0 aliphatic rings. The van der Waals surface area contributed by atoms with Crippen molar-refractivity contribution in [2.24, 2.45) is 0 Å². The number of anilines is 3. The van der Waals surface area contributed by atoms with E-state index < -0.39 is 0 Å². The number of rotatable bonds is 3. The van der Waals surface area contributed by atoms with E-state index in [1.807, 2.05) is 0 Å². The number of halogens is 2. The van der Waals surface area contributed by atoms with Crippen LogP contribution in [0.5, 0.6) is 0 Å². The first-order valence-electron chi connectivity index (χ1n) is 6.21. The van der Waals surface area contributed by atoms with Gasteiger partial charge < -0.3 is 16.0 Å². The van der Waals surface area contributed by atoms with Crippen molar-refractivity contribution in [2.75, 3.05) is 25.1 Å². The molecule has 0 heterocycles. The second kappa shape index (κ2) is 6.13. The Morgan fingerprint density at radius 2 is 1.95 bits per heavy atom. The van der Waals surface area contributed by atoms with Gasteiger partial charge in [-0.05, 0) is 52.3 Å². The number of hydrogen-bond donors (Lipinski definition) is 2. The number of nitrogens with two attached hydrogens (primary N) is 1. The Kier molecular flexibility index (Phi) is 4.47. The summed E-state index contributed by atoms with van der Waals surface area (Å²) in [6.07, 6.45) is 0. The molecule has 0 spiro atoms. The van der Waals surface area contributed by atoms with Crippen molar-refractivity contribution in [2.45, 2.75) is 0 Å². The predicted octanol–water partition coefficient (Wildman–Crippen LogP) is 3.62. The van der Waals surface area contributed by atoms with Crippen LogP contribution in [0, 0.1) is 5.82 Å². The molecule has 3 N–H and O–H groups in total. The molecule has 21 heavy (non-hydrogen) atoms. The van der Waals surface area contributed by atoms with Crippen molar-refractivity contribution in [1.82, 2.24) is 4.90 Å². The highest BCUT2D eigenvalue weighted by atomic mass is 79.9. The van der Waals surface area contributed by atoms with Gasteiger partial charge in [0.15, 0.2) is 0 Å². The fraction of sp³-hybridized carbons (Fsp3) is 0.133. The molecule has 0 unspecified atom stereocenters. The summed E-state index contributed by atoms with van der Waals surface area (Å²) >= 11 is 3.13. The van der Waals surface area contributed by atoms with E-state index in [4.69, 9.17) is 5.73 Å². The quantitative estimate of drug-likeness (QED) is 0.830. The van der Waals surface area contributed by atoms with Crippen LogP contribution < -0.4 is 11.1 Å². The Morgan fingerprint density at radius 1 is 1.24 bits per heavy atom. The Labute approximate surface area is 130 Å². The minimum absolute atomic E-state index is 0.113. The third kappa shape index (κ3) is 3.52. The molecule has 0 aliphatic heterocycles. The van der Waals surface area contributed by atoms with Gasteiger partial charge in [-0.1, -0.05) is 0 Å². The molecule has 6 heteroatoms. The van der Waals surface area contributed by atoms with Gasteiger partial charge in [0.2, 0.25) is 0 Å². The van der Waals surface area contributed by atoms with Crippen molar-refractivity contribution < 1.29 is 9.18 Å². The van der Waals surface area contributed by atoms with E-state index in [1.54, 1.807) is 44.4 Å². The lowest BCUT2D eigenvalue weighted by Crippen LogP contribution is -2.21. The van der Waals surface area contributed by atoms with Crippen molar-refractivity contribution in [3.8, 4) is 0 Å². The summed E-state index contributed by atoms with van der Waals surface area (Å²) in [5.74, 6) is -0.446. The van der Waals surface area contributed by atoms with Crippen LogP contribution >= 0.6 is 15.9 Å². The Bertz CT molecular complexity index is 689. The van der Waals surface area contributed by atoms with Crippen molar-refractivity contribution >= 4 is 38.9 Å². The first-order chi connectivity index (χ1) is 9.88. The van der Waals surface area contributed by atoms with E-state index in [0.29, 0.717) is 27.1 Å². The normalized spacial score (nSPS) is 10.3. The summed E-state index contributed by atoms with van der Waals surface area (Å²) in [6.45, 7) is 0. The van der Waals surface area contributed by atoms with Crippen LogP contribution in [-0.2, 0) is 0 Å². The zero-order chi connectivity index (χ0) is 15.6. The van der Waals surface area contributed by atoms with Gasteiger partial charge in [0, 0.05) is 25.3 Å². The lowest BCUT2D eigenvalue weighted by Gasteiger charge is -2.14. The molecule has 2 aromatic rings. The fourth-order valence-corrected chi connectivity index (χ4v) is 2.18. The van der Waals surface area contributed by atoms with Gasteiger partial charge in [-0.15, -0.1) is 0 Å². The Balaban J connectivity index is 2.25. The SMILES string of the molecule is CN(C)C(=O)c1ccc(Nc2ccc(F)c(Br)c2)c(N)c1. The van der Waals surface area contributed by atoms with E-state index in [9.17, 15) is 9.18 Å². The monoisotopic (exact) mass is 351 g/mol. The van der Waals surface area contributed by atoms with Crippen molar-refractivity contribution in [1.29, 1.82) is 0 Å². The molecule has 110 valence electrons. The number of amides is 1. The average molecular weight is 352 g/mol. The summed E-state index contributed by atoms with van der Waals surface area (Å²) in [7, 11) is 3.36. The zero-order valence-corrected chi connectivity index (χ0v) is 13.2. The number of hydrogen-bond acceptors (Lipinski definition) is 3. The van der Waals surface area contributed by atoms with Gasteiger partial charge in [0.25, 0.3) is 5.91 Å². The van der Waals surface area contributed by atoms with E-state index in [1.165, 1.54) is 11.0 Å². The second-order valence-corrected chi connectivity index (χ2v) is 5.61. The molecular weight excluding hydrogens is 337 g/mol. The van der Waals surface area contributed by atoms with Crippen LogP contribution in [0.2, 0.25) is 0 Å². The maximum absolute atomic E-state index is 13.2. The largest absolute Gasteiger partial charge is 0.397 e. The Morgan fingerprint density at radius 3 is 2.52 bits per heavy atom. The number of benzene rings is 2. The van der Waals surface area contributed by atoms with Crippen LogP contribution in [0.1, 0.15) is 10.4 Å². The topological polar surface area (TPSA) is 58.4 Å². The summed E-state index contributed by atoms with van der Waals surface area (Å²) in [4.78, 5) is 13.3. The molecule has 0 radical (unpaired) electrons. The summed E-state index contributed by atoms with van der Waals surface area (Å²) in [5.41, 5.74) is 8.27. The molecule has 4 nitrogen and oxygen atoms in total. The lowest BCUT2D eigenvalue weighted by molar-refractivity contribution is 0.0827. The second-order valence-electron chi connectivity index (χ2n) is 4.76. The van der Waals surface area contributed by atoms with Gasteiger partial charge in [0.1, 0.15) is 5.82 Å². The molecule has 0 saturated heterocycles. The third-order valence-electron chi connectivity index (χ3n) is 2.90. The first-order valence-corrected chi connectivity index (χ1v) is 7.01. The van der Waals surface area contributed by atoms with Gasteiger partial charge >= 0.3 is 0 Å². The van der Waals surface area contributed by atoms with Gasteiger partial charge in [-0.3, -0.25) is 4.79 Å². The molecule has 0 bridgehead atoms. The predicted molar refractivity (Wildman–Crippen MR) is 86.3 cm³/mol. The van der Waals surface area contributed by atoms with E-state index in [0.717, 1.165) is 0 Å². The fourth-order valence-electron chi connectivity index (χ4n) is 1.80. The van der Waals surface area contributed by atoms with Crippen LogP contribution in [0.25, 0.3) is 0 Å². The minimum atomic E-state index is -0.333. The molecule has 0 saturated carbocycles. The molecule has 2 aromatic carbocycles. The molecule has 0 aromatic heterocycles. The first kappa shape index (κ1) is 15.3. The maximum Gasteiger partial charge on any atom is 0.253 e. The summed E-state index contributed by atoms with van der Waals surface area (Å²) in [5, 5.41) is 3.09. The number of nitrogens with zero attached hydrogens (tertiary/aromatic N) is 1. The highest BCUT2D eigenvalue weighted by Crippen LogP contribution is 2.27. The molecule has 0 fully saturated rings. The molecule has 0 aliphatic carbocycles. The molecule has 0 atom stereocenters. The van der Waals surface area contributed by atoms with Crippen LogP contribution in [0.3, 0.4) is 0 Å². The summed E-state index contributed by atoms with van der Waals surface area (Å²) < 4.78 is 13.6. The Hall–Kier alpha value is -2.08. The van der Waals surface area contributed by atoms with Crippen LogP contribution in [-0.4, -0.2) is 24.9 Å². The number of carbonyl (C=O) groups is 1. The number of carbonyl (C=O) groups excluding carboxylic acids is 1. The highest BCUT2D eigenvalue weighted by molar-refractivity contribution is 9.10. The molecule has 1 amide bonds. The van der Waals surface area contributed by atoms with Crippen molar-refractivity contribution in [3.63, 3.8) is 0 Å². The minimum Gasteiger partial charge on any atom is -0.397 e. The third-order valence-corrected chi connectivity index (χ3v) is 3.51.